The monoisotopic (exact) mass is 458 g/mol. The van der Waals surface area contributed by atoms with Gasteiger partial charge in [0.25, 0.3) is 0 Å². The van der Waals surface area contributed by atoms with Crippen LogP contribution < -0.4 is 16.4 Å². The number of ether oxygens (including phenoxy) is 1. The summed E-state index contributed by atoms with van der Waals surface area (Å²) in [4.78, 5) is 26.4. The fourth-order valence-electron chi connectivity index (χ4n) is 4.82. The zero-order valence-electron chi connectivity index (χ0n) is 19.8. The molecule has 0 amide bonds. The summed E-state index contributed by atoms with van der Waals surface area (Å²) < 4.78 is 5.41. The number of pyridine rings is 3. The van der Waals surface area contributed by atoms with Crippen LogP contribution in [0.2, 0.25) is 0 Å². The average Bonchev–Trinajstić information content (AvgIpc) is 3.71. The second-order valence-electron chi connectivity index (χ2n) is 10.3. The maximum atomic E-state index is 12.2. The first kappa shape index (κ1) is 21.3. The first-order chi connectivity index (χ1) is 16.3. The zero-order valence-corrected chi connectivity index (χ0v) is 19.8. The number of nitrogens with two attached hydrogens (primary N) is 1. The molecule has 176 valence electrons. The summed E-state index contributed by atoms with van der Waals surface area (Å²) in [5.74, 6) is 2.34. The van der Waals surface area contributed by atoms with Crippen LogP contribution in [0.25, 0.3) is 10.8 Å². The largest absolute Gasteiger partial charge is 0.458 e. The van der Waals surface area contributed by atoms with Gasteiger partial charge in [-0.15, -0.1) is 0 Å². The topological polar surface area (TPSA) is 115 Å². The molecule has 0 aromatic carbocycles. The van der Waals surface area contributed by atoms with Crippen LogP contribution in [0.3, 0.4) is 0 Å². The third kappa shape index (κ3) is 3.66. The first-order valence-electron chi connectivity index (χ1n) is 12.1. The van der Waals surface area contributed by atoms with E-state index in [0.717, 1.165) is 40.7 Å². The standard InChI is InChI=1S/C26H30N6O2/c1-13-14(2)34-25(33)17-8-9-21(32-23(13)17)31-22-10-18-19(11-28-22)24(30-16-6-7-16)29-12-20(18)26(3,27)15-4-5-15/h8-16H,4-7,27H2,1-3H3,(H,29,30)(H,28,31,32)/t13-,14-,26+/m0/s1. The molecule has 4 N–H and O–H groups in total. The highest BCUT2D eigenvalue weighted by Gasteiger charge is 2.41. The first-order valence-corrected chi connectivity index (χ1v) is 12.1. The predicted octanol–water partition coefficient (Wildman–Crippen LogP) is 4.59. The highest BCUT2D eigenvalue weighted by Crippen LogP contribution is 2.46. The number of cyclic esters (lactones) is 1. The van der Waals surface area contributed by atoms with Crippen molar-refractivity contribution in [3.63, 3.8) is 0 Å². The molecule has 0 radical (unpaired) electrons. The van der Waals surface area contributed by atoms with Crippen LogP contribution in [-0.4, -0.2) is 33.1 Å². The normalized spacial score (nSPS) is 23.7. The zero-order chi connectivity index (χ0) is 23.6. The van der Waals surface area contributed by atoms with Gasteiger partial charge in [0.2, 0.25) is 0 Å². The Morgan fingerprint density at radius 1 is 1.06 bits per heavy atom. The summed E-state index contributed by atoms with van der Waals surface area (Å²) in [6, 6.07) is 6.09. The number of hydrogen-bond donors (Lipinski definition) is 3. The van der Waals surface area contributed by atoms with E-state index >= 15 is 0 Å². The highest BCUT2D eigenvalue weighted by molar-refractivity contribution is 5.96. The van der Waals surface area contributed by atoms with Crippen LogP contribution in [0.4, 0.5) is 17.5 Å². The Kier molecular flexibility index (Phi) is 4.78. The van der Waals surface area contributed by atoms with Crippen molar-refractivity contribution in [1.82, 2.24) is 15.0 Å². The summed E-state index contributed by atoms with van der Waals surface area (Å²) in [5.41, 5.74) is 8.70. The van der Waals surface area contributed by atoms with Gasteiger partial charge in [0.05, 0.1) is 11.3 Å². The lowest BCUT2D eigenvalue weighted by Gasteiger charge is -2.28. The molecule has 34 heavy (non-hydrogen) atoms. The second kappa shape index (κ2) is 7.63. The van der Waals surface area contributed by atoms with E-state index in [-0.39, 0.29) is 18.0 Å². The number of anilines is 3. The molecule has 3 aliphatic rings. The molecule has 3 aromatic rings. The molecule has 8 nitrogen and oxygen atoms in total. The molecule has 0 spiro atoms. The summed E-state index contributed by atoms with van der Waals surface area (Å²) in [5, 5.41) is 8.90. The molecule has 3 aromatic heterocycles. The van der Waals surface area contributed by atoms with Gasteiger partial charge in [-0.1, -0.05) is 6.92 Å². The summed E-state index contributed by atoms with van der Waals surface area (Å²) in [7, 11) is 0. The van der Waals surface area contributed by atoms with Gasteiger partial charge < -0.3 is 21.1 Å². The van der Waals surface area contributed by atoms with Crippen molar-refractivity contribution < 1.29 is 9.53 Å². The van der Waals surface area contributed by atoms with Gasteiger partial charge in [0.1, 0.15) is 23.6 Å². The molecule has 1 aliphatic heterocycles. The van der Waals surface area contributed by atoms with Crippen molar-refractivity contribution in [2.24, 2.45) is 11.7 Å². The molecule has 0 saturated heterocycles. The number of esters is 1. The summed E-state index contributed by atoms with van der Waals surface area (Å²) >= 11 is 0. The van der Waals surface area contributed by atoms with E-state index in [9.17, 15) is 4.79 Å². The van der Waals surface area contributed by atoms with Gasteiger partial charge in [0.15, 0.2) is 0 Å². The van der Waals surface area contributed by atoms with Crippen molar-refractivity contribution in [3.05, 3.63) is 47.4 Å². The van der Waals surface area contributed by atoms with Crippen molar-refractivity contribution in [2.45, 2.75) is 70.1 Å². The third-order valence-corrected chi connectivity index (χ3v) is 7.53. The van der Waals surface area contributed by atoms with Crippen molar-refractivity contribution in [2.75, 3.05) is 10.6 Å². The molecule has 0 unspecified atom stereocenters. The van der Waals surface area contributed by atoms with Crippen molar-refractivity contribution in [3.8, 4) is 0 Å². The molecule has 8 heteroatoms. The molecular weight excluding hydrogens is 428 g/mol. The fraction of sp³-hybridized carbons (Fsp3) is 0.462. The molecule has 6 rings (SSSR count). The Labute approximate surface area is 198 Å². The molecule has 2 aliphatic carbocycles. The SMILES string of the molecule is C[C@@H]1OC(=O)c2ccc(Nc3cc4c([C@](C)(N)C5CC5)cnc(NC5CC5)c4cn3)nc2[C@H]1C. The predicted molar refractivity (Wildman–Crippen MR) is 131 cm³/mol. The van der Waals surface area contributed by atoms with Gasteiger partial charge in [-0.3, -0.25) is 0 Å². The van der Waals surface area contributed by atoms with Gasteiger partial charge in [-0.25, -0.2) is 19.7 Å². The summed E-state index contributed by atoms with van der Waals surface area (Å²) in [6.45, 7) is 6.02. The number of carbonyl (C=O) groups excluding carboxylic acids is 1. The number of nitrogens with zero attached hydrogens (tertiary/aromatic N) is 3. The van der Waals surface area contributed by atoms with Crippen LogP contribution in [0.5, 0.6) is 0 Å². The molecule has 4 heterocycles. The number of aromatic nitrogens is 3. The van der Waals surface area contributed by atoms with E-state index in [0.29, 0.717) is 29.2 Å². The maximum Gasteiger partial charge on any atom is 0.340 e. The number of rotatable bonds is 6. The number of fused-ring (bicyclic) bond motifs is 2. The van der Waals surface area contributed by atoms with E-state index in [4.69, 9.17) is 20.4 Å². The van der Waals surface area contributed by atoms with E-state index in [1.807, 2.05) is 32.3 Å². The number of nitrogens with one attached hydrogen (secondary N) is 2. The Bertz CT molecular complexity index is 1300. The number of hydrogen-bond acceptors (Lipinski definition) is 8. The lowest BCUT2D eigenvalue weighted by Crippen LogP contribution is -2.35. The average molecular weight is 459 g/mol. The van der Waals surface area contributed by atoms with Crippen LogP contribution in [-0.2, 0) is 10.3 Å². The minimum Gasteiger partial charge on any atom is -0.458 e. The van der Waals surface area contributed by atoms with E-state index < -0.39 is 5.54 Å². The van der Waals surface area contributed by atoms with E-state index in [1.165, 1.54) is 12.8 Å². The molecule has 3 atom stereocenters. The molecule has 2 saturated carbocycles. The van der Waals surface area contributed by atoms with E-state index in [1.54, 1.807) is 12.1 Å². The van der Waals surface area contributed by atoms with Crippen molar-refractivity contribution in [1.29, 1.82) is 0 Å². The second-order valence-corrected chi connectivity index (χ2v) is 10.3. The molecular formula is C26H30N6O2. The Morgan fingerprint density at radius 2 is 1.85 bits per heavy atom. The van der Waals surface area contributed by atoms with Gasteiger partial charge >= 0.3 is 5.97 Å². The Balaban J connectivity index is 1.39. The Hall–Kier alpha value is -3.26. The maximum absolute atomic E-state index is 12.2. The molecule has 2 fully saturated rings. The lowest BCUT2D eigenvalue weighted by molar-refractivity contribution is 0.0235. The third-order valence-electron chi connectivity index (χ3n) is 7.53. The van der Waals surface area contributed by atoms with Crippen LogP contribution in [0.1, 0.15) is 74.0 Å². The van der Waals surface area contributed by atoms with Gasteiger partial charge in [-0.2, -0.15) is 0 Å². The lowest BCUT2D eigenvalue weighted by atomic mass is 9.86. The minimum absolute atomic E-state index is 0.0178. The Morgan fingerprint density at radius 3 is 2.59 bits per heavy atom. The summed E-state index contributed by atoms with van der Waals surface area (Å²) in [6.07, 6.45) is 8.21. The minimum atomic E-state index is -0.446. The highest BCUT2D eigenvalue weighted by atomic mass is 16.5. The quantitative estimate of drug-likeness (QED) is 0.460. The smallest absolute Gasteiger partial charge is 0.340 e. The van der Waals surface area contributed by atoms with Crippen LogP contribution in [0.15, 0.2) is 30.6 Å². The van der Waals surface area contributed by atoms with Crippen LogP contribution in [0, 0.1) is 5.92 Å². The molecule has 0 bridgehead atoms. The van der Waals surface area contributed by atoms with Gasteiger partial charge in [-0.05, 0) is 74.6 Å². The van der Waals surface area contributed by atoms with Crippen molar-refractivity contribution >= 4 is 34.2 Å². The van der Waals surface area contributed by atoms with Crippen LogP contribution >= 0.6 is 0 Å². The number of carbonyl (C=O) groups is 1. The van der Waals surface area contributed by atoms with E-state index in [2.05, 4.69) is 22.5 Å². The van der Waals surface area contributed by atoms with Gasteiger partial charge in [0, 0.05) is 35.3 Å². The fourth-order valence-corrected chi connectivity index (χ4v) is 4.82.